The minimum Gasteiger partial charge on any atom is -0.309 e. The SMILES string of the molecule is CC(C)(C)CNC(c1ccc(Cl)cc1)C1CC1. The van der Waals surface area contributed by atoms with Crippen molar-refractivity contribution in [2.24, 2.45) is 11.3 Å². The average molecular weight is 252 g/mol. The molecule has 1 N–H and O–H groups in total. The Balaban J connectivity index is 2.04. The molecule has 1 atom stereocenters. The molecular formula is C15H22ClN. The van der Waals surface area contributed by atoms with Crippen molar-refractivity contribution >= 4 is 11.6 Å². The standard InChI is InChI=1S/C15H22ClN/c1-15(2,3)10-17-14(11-4-5-11)12-6-8-13(16)9-7-12/h6-9,11,14,17H,4-5,10H2,1-3H3. The van der Waals surface area contributed by atoms with Crippen molar-refractivity contribution in [3.63, 3.8) is 0 Å². The summed E-state index contributed by atoms with van der Waals surface area (Å²) in [4.78, 5) is 0. The van der Waals surface area contributed by atoms with Gasteiger partial charge in [0.05, 0.1) is 0 Å². The molecule has 1 nitrogen and oxygen atoms in total. The summed E-state index contributed by atoms with van der Waals surface area (Å²) in [6.07, 6.45) is 2.70. The summed E-state index contributed by atoms with van der Waals surface area (Å²) in [5, 5.41) is 4.53. The number of halogens is 1. The zero-order valence-electron chi connectivity index (χ0n) is 11.0. The maximum Gasteiger partial charge on any atom is 0.0406 e. The van der Waals surface area contributed by atoms with Crippen LogP contribution in [-0.2, 0) is 0 Å². The first-order valence-electron chi connectivity index (χ1n) is 6.44. The molecule has 1 aliphatic rings. The van der Waals surface area contributed by atoms with Crippen LogP contribution in [0.2, 0.25) is 5.02 Å². The highest BCUT2D eigenvalue weighted by atomic mass is 35.5. The molecule has 0 aromatic heterocycles. The fourth-order valence-corrected chi connectivity index (χ4v) is 2.20. The van der Waals surface area contributed by atoms with E-state index in [-0.39, 0.29) is 0 Å². The number of hydrogen-bond acceptors (Lipinski definition) is 1. The molecule has 0 amide bonds. The van der Waals surface area contributed by atoms with Gasteiger partial charge in [-0.2, -0.15) is 0 Å². The fraction of sp³-hybridized carbons (Fsp3) is 0.600. The summed E-state index contributed by atoms with van der Waals surface area (Å²) < 4.78 is 0. The molecule has 1 unspecified atom stereocenters. The van der Waals surface area contributed by atoms with Crippen molar-refractivity contribution in [3.8, 4) is 0 Å². The van der Waals surface area contributed by atoms with Crippen LogP contribution in [-0.4, -0.2) is 6.54 Å². The van der Waals surface area contributed by atoms with Crippen LogP contribution in [0, 0.1) is 11.3 Å². The molecule has 1 aliphatic carbocycles. The van der Waals surface area contributed by atoms with Crippen LogP contribution < -0.4 is 5.32 Å². The zero-order chi connectivity index (χ0) is 12.5. The first-order valence-corrected chi connectivity index (χ1v) is 6.82. The Kier molecular flexibility index (Phi) is 3.79. The molecule has 0 heterocycles. The Hall–Kier alpha value is -0.530. The number of hydrogen-bond donors (Lipinski definition) is 1. The lowest BCUT2D eigenvalue weighted by atomic mass is 9.94. The molecule has 94 valence electrons. The van der Waals surface area contributed by atoms with Crippen LogP contribution >= 0.6 is 11.6 Å². The van der Waals surface area contributed by atoms with Gasteiger partial charge in [-0.1, -0.05) is 44.5 Å². The lowest BCUT2D eigenvalue weighted by Gasteiger charge is -2.25. The molecule has 0 bridgehead atoms. The van der Waals surface area contributed by atoms with Crippen molar-refractivity contribution < 1.29 is 0 Å². The van der Waals surface area contributed by atoms with Gasteiger partial charge in [-0.25, -0.2) is 0 Å². The van der Waals surface area contributed by atoms with Crippen molar-refractivity contribution in [2.45, 2.75) is 39.7 Å². The first kappa shape index (κ1) is 12.9. The minimum atomic E-state index is 0.333. The predicted molar refractivity (Wildman–Crippen MR) is 74.4 cm³/mol. The largest absolute Gasteiger partial charge is 0.309 e. The summed E-state index contributed by atoms with van der Waals surface area (Å²) in [6, 6.07) is 8.80. The fourth-order valence-electron chi connectivity index (χ4n) is 2.07. The second kappa shape index (κ2) is 4.99. The van der Waals surface area contributed by atoms with Gasteiger partial charge < -0.3 is 5.32 Å². The van der Waals surface area contributed by atoms with E-state index in [9.17, 15) is 0 Å². The van der Waals surface area contributed by atoms with Crippen molar-refractivity contribution in [1.82, 2.24) is 5.32 Å². The molecule has 17 heavy (non-hydrogen) atoms. The quantitative estimate of drug-likeness (QED) is 0.835. The highest BCUT2D eigenvalue weighted by Gasteiger charge is 2.32. The first-order chi connectivity index (χ1) is 7.96. The van der Waals surface area contributed by atoms with Gasteiger partial charge >= 0.3 is 0 Å². The second-order valence-electron chi connectivity index (χ2n) is 6.31. The summed E-state index contributed by atoms with van der Waals surface area (Å²) in [7, 11) is 0. The Bertz CT molecular complexity index is 360. The highest BCUT2D eigenvalue weighted by molar-refractivity contribution is 6.30. The number of rotatable bonds is 4. The highest BCUT2D eigenvalue weighted by Crippen LogP contribution is 2.41. The average Bonchev–Trinajstić information content (AvgIpc) is 3.03. The maximum absolute atomic E-state index is 5.94. The van der Waals surface area contributed by atoms with E-state index in [0.717, 1.165) is 17.5 Å². The van der Waals surface area contributed by atoms with Crippen LogP contribution in [0.1, 0.15) is 45.2 Å². The van der Waals surface area contributed by atoms with E-state index in [1.54, 1.807) is 0 Å². The van der Waals surface area contributed by atoms with Gasteiger partial charge in [0.1, 0.15) is 0 Å². The van der Waals surface area contributed by atoms with E-state index in [2.05, 4.69) is 38.2 Å². The Morgan fingerprint density at radius 2 is 1.82 bits per heavy atom. The predicted octanol–water partition coefficient (Wildman–Crippen LogP) is 4.43. The number of nitrogens with one attached hydrogen (secondary N) is 1. The molecule has 0 aliphatic heterocycles. The van der Waals surface area contributed by atoms with Gasteiger partial charge in [0.25, 0.3) is 0 Å². The van der Waals surface area contributed by atoms with Crippen LogP contribution in [0.25, 0.3) is 0 Å². The molecule has 1 saturated carbocycles. The van der Waals surface area contributed by atoms with Crippen LogP contribution in [0.5, 0.6) is 0 Å². The maximum atomic E-state index is 5.94. The third-order valence-corrected chi connectivity index (χ3v) is 3.43. The smallest absolute Gasteiger partial charge is 0.0406 e. The molecule has 0 spiro atoms. The van der Waals surface area contributed by atoms with E-state index < -0.39 is 0 Å². The van der Waals surface area contributed by atoms with Gasteiger partial charge in [0, 0.05) is 17.6 Å². The van der Waals surface area contributed by atoms with E-state index in [1.807, 2.05) is 12.1 Å². The van der Waals surface area contributed by atoms with E-state index in [1.165, 1.54) is 18.4 Å². The van der Waals surface area contributed by atoms with E-state index in [4.69, 9.17) is 11.6 Å². The lowest BCUT2D eigenvalue weighted by molar-refractivity contribution is 0.339. The van der Waals surface area contributed by atoms with Gasteiger partial charge in [-0.05, 0) is 41.9 Å². The van der Waals surface area contributed by atoms with Crippen LogP contribution in [0.15, 0.2) is 24.3 Å². The third-order valence-electron chi connectivity index (χ3n) is 3.17. The Morgan fingerprint density at radius 1 is 1.24 bits per heavy atom. The second-order valence-corrected chi connectivity index (χ2v) is 6.74. The summed E-state index contributed by atoms with van der Waals surface area (Å²) in [5.41, 5.74) is 1.71. The van der Waals surface area contributed by atoms with Crippen molar-refractivity contribution in [1.29, 1.82) is 0 Å². The van der Waals surface area contributed by atoms with E-state index >= 15 is 0 Å². The van der Waals surface area contributed by atoms with E-state index in [0.29, 0.717) is 11.5 Å². The van der Waals surface area contributed by atoms with Crippen molar-refractivity contribution in [2.75, 3.05) is 6.54 Å². The number of benzene rings is 1. The summed E-state index contributed by atoms with van der Waals surface area (Å²) in [5.74, 6) is 0.818. The third kappa shape index (κ3) is 4.01. The molecule has 0 radical (unpaired) electrons. The van der Waals surface area contributed by atoms with Gasteiger partial charge in [0.2, 0.25) is 0 Å². The lowest BCUT2D eigenvalue weighted by Crippen LogP contribution is -2.31. The normalized spacial score (nSPS) is 18.1. The summed E-state index contributed by atoms with van der Waals surface area (Å²) >= 11 is 5.94. The van der Waals surface area contributed by atoms with Gasteiger partial charge in [-0.15, -0.1) is 0 Å². The summed E-state index contributed by atoms with van der Waals surface area (Å²) in [6.45, 7) is 7.86. The van der Waals surface area contributed by atoms with Crippen LogP contribution in [0.4, 0.5) is 0 Å². The minimum absolute atomic E-state index is 0.333. The topological polar surface area (TPSA) is 12.0 Å². The van der Waals surface area contributed by atoms with Gasteiger partial charge in [-0.3, -0.25) is 0 Å². The Morgan fingerprint density at radius 3 is 2.29 bits per heavy atom. The molecule has 1 fully saturated rings. The molecule has 1 aromatic carbocycles. The van der Waals surface area contributed by atoms with Crippen LogP contribution in [0.3, 0.4) is 0 Å². The molecule has 2 rings (SSSR count). The molecular weight excluding hydrogens is 230 g/mol. The zero-order valence-corrected chi connectivity index (χ0v) is 11.7. The Labute approximate surface area is 110 Å². The van der Waals surface area contributed by atoms with Gasteiger partial charge in [0.15, 0.2) is 0 Å². The molecule has 0 saturated heterocycles. The van der Waals surface area contributed by atoms with Crippen molar-refractivity contribution in [3.05, 3.63) is 34.9 Å². The molecule has 1 aromatic rings. The monoisotopic (exact) mass is 251 g/mol. The molecule has 2 heteroatoms.